The Bertz CT molecular complexity index is 438. The predicted octanol–water partition coefficient (Wildman–Crippen LogP) is 1.33. The van der Waals surface area contributed by atoms with E-state index in [0.717, 1.165) is 32.7 Å². The molecule has 0 atom stereocenters. The third-order valence-corrected chi connectivity index (χ3v) is 4.14. The summed E-state index contributed by atoms with van der Waals surface area (Å²) in [7, 11) is 2.02. The minimum absolute atomic E-state index is 0.220. The molecule has 0 radical (unpaired) electrons. The van der Waals surface area contributed by atoms with E-state index in [1.54, 1.807) is 0 Å². The number of carbonyl (C=O) groups excluding carboxylic acids is 1. The van der Waals surface area contributed by atoms with Gasteiger partial charge in [0, 0.05) is 32.7 Å². The highest BCUT2D eigenvalue weighted by molar-refractivity contribution is 5.85. The molecule has 0 spiro atoms. The first-order valence-corrected chi connectivity index (χ1v) is 7.27. The Morgan fingerprint density at radius 3 is 2.45 bits per heavy atom. The number of carbonyl (C=O) groups is 1. The van der Waals surface area contributed by atoms with E-state index in [1.165, 1.54) is 5.56 Å². The van der Waals surface area contributed by atoms with Crippen LogP contribution < -0.4 is 5.32 Å². The lowest BCUT2D eigenvalue weighted by Crippen LogP contribution is -2.58. The first-order valence-electron chi connectivity index (χ1n) is 7.27. The molecule has 0 unspecified atom stereocenters. The molecule has 1 aliphatic rings. The SMILES string of the molecule is CN(Cc1ccccc1)C(C)(C)C(=O)N1CCNCC1. The van der Waals surface area contributed by atoms with Gasteiger partial charge in [0.2, 0.25) is 5.91 Å². The maximum Gasteiger partial charge on any atom is 0.242 e. The van der Waals surface area contributed by atoms with Crippen molar-refractivity contribution in [1.29, 1.82) is 0 Å². The number of nitrogens with zero attached hydrogens (tertiary/aromatic N) is 2. The average molecular weight is 275 g/mol. The second-order valence-electron chi connectivity index (χ2n) is 5.94. The molecule has 4 nitrogen and oxygen atoms in total. The standard InChI is InChI=1S/C16H25N3O/c1-16(2,15(20)19-11-9-17-10-12-19)18(3)13-14-7-5-4-6-8-14/h4-8,17H,9-13H2,1-3H3. The summed E-state index contributed by atoms with van der Waals surface area (Å²) < 4.78 is 0. The third kappa shape index (κ3) is 3.38. The van der Waals surface area contributed by atoms with Crippen LogP contribution in [0.15, 0.2) is 30.3 Å². The molecular formula is C16H25N3O. The normalized spacial score (nSPS) is 16.5. The third-order valence-electron chi connectivity index (χ3n) is 4.14. The van der Waals surface area contributed by atoms with Gasteiger partial charge < -0.3 is 10.2 Å². The monoisotopic (exact) mass is 275 g/mol. The molecule has 1 heterocycles. The molecule has 0 aromatic heterocycles. The second-order valence-corrected chi connectivity index (χ2v) is 5.94. The molecule has 1 aliphatic heterocycles. The zero-order valence-corrected chi connectivity index (χ0v) is 12.7. The van der Waals surface area contributed by atoms with E-state index in [1.807, 2.05) is 44.0 Å². The van der Waals surface area contributed by atoms with Gasteiger partial charge in [0.05, 0.1) is 5.54 Å². The van der Waals surface area contributed by atoms with Crippen molar-refractivity contribution in [2.24, 2.45) is 0 Å². The van der Waals surface area contributed by atoms with Crippen LogP contribution in [0, 0.1) is 0 Å². The zero-order chi connectivity index (χ0) is 14.6. The van der Waals surface area contributed by atoms with Crippen LogP contribution in [-0.2, 0) is 11.3 Å². The van der Waals surface area contributed by atoms with Crippen molar-refractivity contribution in [2.45, 2.75) is 25.9 Å². The van der Waals surface area contributed by atoms with Gasteiger partial charge in [-0.3, -0.25) is 9.69 Å². The van der Waals surface area contributed by atoms with Crippen LogP contribution in [0.25, 0.3) is 0 Å². The Morgan fingerprint density at radius 2 is 1.85 bits per heavy atom. The number of rotatable bonds is 4. The smallest absolute Gasteiger partial charge is 0.242 e. The van der Waals surface area contributed by atoms with Crippen molar-refractivity contribution in [3.8, 4) is 0 Å². The maximum atomic E-state index is 12.7. The van der Waals surface area contributed by atoms with Gasteiger partial charge >= 0.3 is 0 Å². The van der Waals surface area contributed by atoms with Crippen molar-refractivity contribution in [3.05, 3.63) is 35.9 Å². The van der Waals surface area contributed by atoms with Gasteiger partial charge in [-0.25, -0.2) is 0 Å². The fourth-order valence-corrected chi connectivity index (χ4v) is 2.47. The van der Waals surface area contributed by atoms with Crippen LogP contribution in [0.5, 0.6) is 0 Å². The van der Waals surface area contributed by atoms with Crippen molar-refractivity contribution in [3.63, 3.8) is 0 Å². The summed E-state index contributed by atoms with van der Waals surface area (Å²) in [5.74, 6) is 0.220. The van der Waals surface area contributed by atoms with Gasteiger partial charge in [-0.1, -0.05) is 30.3 Å². The predicted molar refractivity (Wildman–Crippen MR) is 81.4 cm³/mol. The molecule has 110 valence electrons. The minimum atomic E-state index is -0.479. The maximum absolute atomic E-state index is 12.7. The summed E-state index contributed by atoms with van der Waals surface area (Å²) in [4.78, 5) is 16.8. The van der Waals surface area contributed by atoms with Crippen molar-refractivity contribution < 1.29 is 4.79 Å². The summed E-state index contributed by atoms with van der Waals surface area (Å²) in [5, 5.41) is 3.28. The number of piperazine rings is 1. The van der Waals surface area contributed by atoms with E-state index >= 15 is 0 Å². The summed E-state index contributed by atoms with van der Waals surface area (Å²) in [6, 6.07) is 10.3. The van der Waals surface area contributed by atoms with Crippen LogP contribution in [-0.4, -0.2) is 54.5 Å². The summed E-state index contributed by atoms with van der Waals surface area (Å²) in [6.45, 7) is 8.21. The Labute approximate surface area is 121 Å². The Hall–Kier alpha value is -1.39. The van der Waals surface area contributed by atoms with Gasteiger partial charge in [0.25, 0.3) is 0 Å². The summed E-state index contributed by atoms with van der Waals surface area (Å²) >= 11 is 0. The van der Waals surface area contributed by atoms with Crippen molar-refractivity contribution in [2.75, 3.05) is 33.2 Å². The van der Waals surface area contributed by atoms with Crippen LogP contribution >= 0.6 is 0 Å². The topological polar surface area (TPSA) is 35.6 Å². The molecule has 0 aliphatic carbocycles. The minimum Gasteiger partial charge on any atom is -0.339 e. The number of amides is 1. The molecule has 1 N–H and O–H groups in total. The van der Waals surface area contributed by atoms with E-state index in [-0.39, 0.29) is 5.91 Å². The van der Waals surface area contributed by atoms with Crippen molar-refractivity contribution in [1.82, 2.24) is 15.1 Å². The van der Waals surface area contributed by atoms with E-state index in [9.17, 15) is 4.79 Å². The summed E-state index contributed by atoms with van der Waals surface area (Å²) in [5.41, 5.74) is 0.754. The molecule has 2 rings (SSSR count). The van der Waals surface area contributed by atoms with Gasteiger partial charge in [-0.05, 0) is 26.5 Å². The lowest BCUT2D eigenvalue weighted by Gasteiger charge is -2.40. The molecule has 1 saturated heterocycles. The van der Waals surface area contributed by atoms with Crippen LogP contribution in [0.3, 0.4) is 0 Å². The lowest BCUT2D eigenvalue weighted by molar-refractivity contribution is -0.142. The van der Waals surface area contributed by atoms with Gasteiger partial charge in [0.15, 0.2) is 0 Å². The first kappa shape index (κ1) is 15.0. The number of hydrogen-bond donors (Lipinski definition) is 1. The van der Waals surface area contributed by atoms with E-state index in [4.69, 9.17) is 0 Å². The van der Waals surface area contributed by atoms with Gasteiger partial charge in [0.1, 0.15) is 0 Å². The molecule has 20 heavy (non-hydrogen) atoms. The number of likely N-dealkylation sites (N-methyl/N-ethyl adjacent to an activating group) is 1. The highest BCUT2D eigenvalue weighted by Gasteiger charge is 2.36. The van der Waals surface area contributed by atoms with Gasteiger partial charge in [-0.15, -0.1) is 0 Å². The number of nitrogens with one attached hydrogen (secondary N) is 1. The zero-order valence-electron chi connectivity index (χ0n) is 12.7. The Morgan fingerprint density at radius 1 is 1.25 bits per heavy atom. The fraction of sp³-hybridized carbons (Fsp3) is 0.562. The molecule has 0 bridgehead atoms. The molecule has 0 saturated carbocycles. The molecule has 1 aromatic carbocycles. The number of benzene rings is 1. The van der Waals surface area contributed by atoms with E-state index in [2.05, 4.69) is 22.3 Å². The quantitative estimate of drug-likeness (QED) is 0.900. The van der Waals surface area contributed by atoms with E-state index < -0.39 is 5.54 Å². The second kappa shape index (κ2) is 6.37. The first-order chi connectivity index (χ1) is 9.51. The van der Waals surface area contributed by atoms with Crippen molar-refractivity contribution >= 4 is 5.91 Å². The Balaban J connectivity index is 2.02. The molecule has 1 aromatic rings. The number of hydrogen-bond acceptors (Lipinski definition) is 3. The lowest BCUT2D eigenvalue weighted by atomic mass is 9.99. The summed E-state index contributed by atoms with van der Waals surface area (Å²) in [6.07, 6.45) is 0. The highest BCUT2D eigenvalue weighted by atomic mass is 16.2. The molecule has 1 amide bonds. The largest absolute Gasteiger partial charge is 0.339 e. The molecule has 4 heteroatoms. The van der Waals surface area contributed by atoms with Gasteiger partial charge in [-0.2, -0.15) is 0 Å². The van der Waals surface area contributed by atoms with E-state index in [0.29, 0.717) is 0 Å². The molecule has 1 fully saturated rings. The Kier molecular flexibility index (Phi) is 4.78. The average Bonchev–Trinajstić information content (AvgIpc) is 2.48. The van der Waals surface area contributed by atoms with Crippen LogP contribution in [0.4, 0.5) is 0 Å². The van der Waals surface area contributed by atoms with Crippen LogP contribution in [0.1, 0.15) is 19.4 Å². The fourth-order valence-electron chi connectivity index (χ4n) is 2.47. The molecular weight excluding hydrogens is 250 g/mol. The highest BCUT2D eigenvalue weighted by Crippen LogP contribution is 2.19. The van der Waals surface area contributed by atoms with Crippen LogP contribution in [0.2, 0.25) is 0 Å².